The van der Waals surface area contributed by atoms with Crippen molar-refractivity contribution in [3.05, 3.63) is 243 Å². The molecule has 4 nitrogen and oxygen atoms in total. The van der Waals surface area contributed by atoms with Gasteiger partial charge in [0, 0.05) is 58.6 Å². The van der Waals surface area contributed by atoms with Crippen LogP contribution in [0.15, 0.2) is 243 Å². The Labute approximate surface area is 418 Å². The molecule has 0 amide bonds. The molecule has 0 radical (unpaired) electrons. The van der Waals surface area contributed by atoms with Crippen LogP contribution in [0.3, 0.4) is 0 Å². The van der Waals surface area contributed by atoms with Crippen LogP contribution in [0.5, 0.6) is 0 Å². The maximum absolute atomic E-state index is 5.60. The smallest absolute Gasteiger partial charge is 0.165 e. The van der Waals surface area contributed by atoms with Gasteiger partial charge in [0.1, 0.15) is 0 Å². The molecular formula is C67H40N4S. The van der Waals surface area contributed by atoms with Crippen LogP contribution in [0.1, 0.15) is 0 Å². The number of thiophene rings is 1. The van der Waals surface area contributed by atoms with E-state index in [-0.39, 0.29) is 0 Å². The van der Waals surface area contributed by atoms with E-state index >= 15 is 0 Å². The Morgan fingerprint density at radius 1 is 0.292 bits per heavy atom. The van der Waals surface area contributed by atoms with Gasteiger partial charge in [-0.25, -0.2) is 15.0 Å². The third-order valence-corrected chi connectivity index (χ3v) is 15.8. The lowest BCUT2D eigenvalue weighted by Gasteiger charge is -2.21. The van der Waals surface area contributed by atoms with Crippen molar-refractivity contribution in [3.63, 3.8) is 0 Å². The highest BCUT2D eigenvalue weighted by molar-refractivity contribution is 7.26. The fourth-order valence-electron chi connectivity index (χ4n) is 11.2. The first kappa shape index (κ1) is 40.6. The zero-order valence-corrected chi connectivity index (χ0v) is 39.6. The normalized spacial score (nSPS) is 11.9. The van der Waals surface area contributed by atoms with Crippen LogP contribution in [-0.2, 0) is 0 Å². The summed E-state index contributed by atoms with van der Waals surface area (Å²) in [5.41, 5.74) is 10.7. The predicted octanol–water partition coefficient (Wildman–Crippen LogP) is 18.3. The Balaban J connectivity index is 1.11. The summed E-state index contributed by atoms with van der Waals surface area (Å²) in [5.74, 6) is 1.87. The summed E-state index contributed by atoms with van der Waals surface area (Å²) in [6.45, 7) is 0. The Bertz CT molecular complexity index is 4690. The minimum absolute atomic E-state index is 0.611. The number of hydrogen-bond acceptors (Lipinski definition) is 4. The summed E-state index contributed by atoms with van der Waals surface area (Å²) < 4.78 is 4.93. The van der Waals surface area contributed by atoms with Crippen molar-refractivity contribution >= 4 is 96.4 Å². The van der Waals surface area contributed by atoms with Crippen LogP contribution < -0.4 is 0 Å². The van der Waals surface area contributed by atoms with Crippen molar-refractivity contribution in [2.75, 3.05) is 0 Å². The van der Waals surface area contributed by atoms with E-state index in [0.29, 0.717) is 17.5 Å². The molecule has 0 unspecified atom stereocenters. The highest BCUT2D eigenvalue weighted by atomic mass is 32.1. The lowest BCUT2D eigenvalue weighted by Crippen LogP contribution is -2.04. The average Bonchev–Trinajstić information content (AvgIpc) is 3.99. The van der Waals surface area contributed by atoms with Crippen LogP contribution in [0.2, 0.25) is 0 Å². The third kappa shape index (κ3) is 6.41. The molecule has 0 fully saturated rings. The van der Waals surface area contributed by atoms with Gasteiger partial charge in [0.15, 0.2) is 17.5 Å². The molecule has 0 aliphatic carbocycles. The zero-order valence-electron chi connectivity index (χ0n) is 38.8. The summed E-state index contributed by atoms with van der Waals surface area (Å²) >= 11 is 1.79. The molecular weight excluding hydrogens is 893 g/mol. The molecule has 5 heteroatoms. The highest BCUT2D eigenvalue weighted by Crippen LogP contribution is 2.47. The molecule has 0 N–H and O–H groups in total. The summed E-state index contributed by atoms with van der Waals surface area (Å²) in [6, 6.07) is 87.9. The van der Waals surface area contributed by atoms with E-state index in [9.17, 15) is 0 Å². The van der Waals surface area contributed by atoms with Crippen molar-refractivity contribution in [1.82, 2.24) is 19.5 Å². The van der Waals surface area contributed by atoms with Crippen LogP contribution in [0.4, 0.5) is 0 Å². The van der Waals surface area contributed by atoms with Gasteiger partial charge in [0.2, 0.25) is 0 Å². The summed E-state index contributed by atoms with van der Waals surface area (Å²) in [5, 5.41) is 14.2. The maximum Gasteiger partial charge on any atom is 0.165 e. The van der Waals surface area contributed by atoms with Gasteiger partial charge in [-0.05, 0) is 103 Å². The largest absolute Gasteiger partial charge is 0.308 e. The average molecular weight is 933 g/mol. The number of hydrogen-bond donors (Lipinski definition) is 0. The molecule has 3 heterocycles. The van der Waals surface area contributed by atoms with Gasteiger partial charge < -0.3 is 4.57 Å². The number of rotatable bonds is 6. The maximum atomic E-state index is 5.60. The second-order valence-corrected chi connectivity index (χ2v) is 19.7. The van der Waals surface area contributed by atoms with Crippen molar-refractivity contribution in [3.8, 4) is 62.1 Å². The molecule has 0 saturated heterocycles. The summed E-state index contributed by atoms with van der Waals surface area (Å²) in [6.07, 6.45) is 0. The Morgan fingerprint density at radius 3 is 1.71 bits per heavy atom. The monoisotopic (exact) mass is 932 g/mol. The van der Waals surface area contributed by atoms with Gasteiger partial charge in [0.25, 0.3) is 0 Å². The van der Waals surface area contributed by atoms with E-state index in [2.05, 4.69) is 241 Å². The van der Waals surface area contributed by atoms with Crippen molar-refractivity contribution in [2.45, 2.75) is 0 Å². The first-order chi connectivity index (χ1) is 35.7. The SMILES string of the molecule is c1ccc(-c2ccc3c(-n4c5cc6ccccc6cc5c5c6ccccc6ccc54)c(-c4ccc5ccccc5c4)cc(-c4nc(-c5ccccc5)nc(-c5cccc6c5sc5ccccc56)n4)c3c2)cc1. The third-order valence-electron chi connectivity index (χ3n) is 14.6. The second kappa shape index (κ2) is 16.1. The number of aromatic nitrogens is 4. The van der Waals surface area contributed by atoms with E-state index in [1.807, 2.05) is 6.07 Å². The van der Waals surface area contributed by atoms with Gasteiger partial charge in [0.05, 0.1) is 16.7 Å². The lowest BCUT2D eigenvalue weighted by atomic mass is 9.90. The molecule has 0 bridgehead atoms. The molecule has 0 aliphatic rings. The fraction of sp³-hybridized carbons (Fsp3) is 0. The summed E-state index contributed by atoms with van der Waals surface area (Å²) in [4.78, 5) is 16.4. The molecule has 0 aliphatic heterocycles. The van der Waals surface area contributed by atoms with Crippen molar-refractivity contribution in [2.24, 2.45) is 0 Å². The molecule has 0 atom stereocenters. The highest BCUT2D eigenvalue weighted by Gasteiger charge is 2.25. The van der Waals surface area contributed by atoms with Crippen LogP contribution >= 0.6 is 11.3 Å². The van der Waals surface area contributed by atoms with Crippen molar-refractivity contribution < 1.29 is 0 Å². The molecule has 15 aromatic rings. The first-order valence-electron chi connectivity index (χ1n) is 24.4. The Morgan fingerprint density at radius 2 is 0.903 bits per heavy atom. The minimum atomic E-state index is 0.611. The topological polar surface area (TPSA) is 43.6 Å². The zero-order chi connectivity index (χ0) is 47.3. The van der Waals surface area contributed by atoms with E-state index in [4.69, 9.17) is 15.0 Å². The fourth-order valence-corrected chi connectivity index (χ4v) is 12.4. The predicted molar refractivity (Wildman–Crippen MR) is 304 cm³/mol. The molecule has 72 heavy (non-hydrogen) atoms. The van der Waals surface area contributed by atoms with Gasteiger partial charge in [-0.15, -0.1) is 11.3 Å². The molecule has 0 spiro atoms. The molecule has 0 saturated carbocycles. The van der Waals surface area contributed by atoms with Crippen LogP contribution in [0, 0.1) is 0 Å². The second-order valence-electron chi connectivity index (χ2n) is 18.7. The number of nitrogens with zero attached hydrogens (tertiary/aromatic N) is 4. The van der Waals surface area contributed by atoms with Crippen LogP contribution in [0.25, 0.3) is 147 Å². The van der Waals surface area contributed by atoms with E-state index in [0.717, 1.165) is 71.1 Å². The van der Waals surface area contributed by atoms with E-state index in [1.54, 1.807) is 11.3 Å². The van der Waals surface area contributed by atoms with Gasteiger partial charge in [-0.3, -0.25) is 0 Å². The van der Waals surface area contributed by atoms with Crippen molar-refractivity contribution in [1.29, 1.82) is 0 Å². The van der Waals surface area contributed by atoms with E-state index < -0.39 is 0 Å². The quantitative estimate of drug-likeness (QED) is 0.167. The Hall–Kier alpha value is -9.29. The molecule has 334 valence electrons. The minimum Gasteiger partial charge on any atom is -0.308 e. The molecule has 15 rings (SSSR count). The number of benzene rings is 12. The number of fused-ring (bicyclic) bond motifs is 11. The van der Waals surface area contributed by atoms with Gasteiger partial charge in [-0.2, -0.15) is 0 Å². The van der Waals surface area contributed by atoms with Gasteiger partial charge in [-0.1, -0.05) is 194 Å². The van der Waals surface area contributed by atoms with Crippen LogP contribution in [-0.4, -0.2) is 19.5 Å². The standard InChI is InChI=1S/C67H40N4S/c1-3-16-41(17-4-1)48-32-34-52-56(37-48)57(67-69-65(44-20-5-2-6-21-44)68-66(70-67)54-28-15-27-53-51-26-13-14-29-61(51)72-64(53)54)40-55(49-31-30-42-18-7-8-22-45(42)36-49)63(52)71-59-35-33-43-19-11-12-25-50(43)62(59)58-38-46-23-9-10-24-47(46)39-60(58)71/h1-40H. The molecule has 3 aromatic heterocycles. The first-order valence-corrected chi connectivity index (χ1v) is 25.2. The van der Waals surface area contributed by atoms with E-state index in [1.165, 1.54) is 58.6 Å². The summed E-state index contributed by atoms with van der Waals surface area (Å²) in [7, 11) is 0. The van der Waals surface area contributed by atoms with Gasteiger partial charge >= 0.3 is 0 Å². The molecule has 12 aromatic carbocycles. The lowest BCUT2D eigenvalue weighted by molar-refractivity contribution is 1.08. The Kier molecular flexibility index (Phi) is 9.10.